The quantitative estimate of drug-likeness (QED) is 0.344. The summed E-state index contributed by atoms with van der Waals surface area (Å²) >= 11 is 0. The Bertz CT molecular complexity index is 810. The van der Waals surface area contributed by atoms with Gasteiger partial charge in [0.1, 0.15) is 11.6 Å². The maximum absolute atomic E-state index is 14.4. The van der Waals surface area contributed by atoms with Crippen LogP contribution in [0.5, 0.6) is 0 Å². The highest BCUT2D eigenvalue weighted by Gasteiger charge is 2.35. The monoisotopic (exact) mass is 496 g/mol. The van der Waals surface area contributed by atoms with Crippen LogP contribution in [0, 0.1) is 41.2 Å². The maximum Gasteiger partial charge on any atom is 0.409 e. The van der Waals surface area contributed by atoms with E-state index in [0.29, 0.717) is 17.6 Å². The van der Waals surface area contributed by atoms with Crippen LogP contribution in [0.4, 0.5) is 22.0 Å². The van der Waals surface area contributed by atoms with Crippen molar-refractivity contribution >= 4 is 6.08 Å². The summed E-state index contributed by atoms with van der Waals surface area (Å²) in [5.41, 5.74) is -0.0274. The average molecular weight is 497 g/mol. The largest absolute Gasteiger partial charge is 0.409 e. The Balaban J connectivity index is 1.25. The van der Waals surface area contributed by atoms with Gasteiger partial charge in [0, 0.05) is 11.6 Å². The molecule has 0 aliphatic heterocycles. The van der Waals surface area contributed by atoms with Crippen LogP contribution in [0.3, 0.4) is 0 Å². The first kappa shape index (κ1) is 26.7. The molecule has 3 aliphatic carbocycles. The first-order valence-electron chi connectivity index (χ1n) is 14.0. The molecule has 1 aromatic carbocycles. The highest BCUT2D eigenvalue weighted by Crippen LogP contribution is 2.47. The van der Waals surface area contributed by atoms with Gasteiger partial charge in [0.05, 0.1) is 0 Å². The lowest BCUT2D eigenvalue weighted by Crippen LogP contribution is -2.29. The topological polar surface area (TPSA) is 0 Å². The van der Waals surface area contributed by atoms with E-state index >= 15 is 0 Å². The van der Waals surface area contributed by atoms with Crippen LogP contribution in [0.1, 0.15) is 114 Å². The van der Waals surface area contributed by atoms with Crippen molar-refractivity contribution in [2.75, 3.05) is 0 Å². The van der Waals surface area contributed by atoms with Crippen LogP contribution in [0.2, 0.25) is 0 Å². The molecule has 0 amide bonds. The SMILES string of the molecule is CCCC1CCC(C2CCC(C3CCC(c4cc(F)c(/C=C/C(F)(F)F)c(F)c4)CC3)CC2)CC1. The number of alkyl halides is 3. The van der Waals surface area contributed by atoms with Gasteiger partial charge in [-0.3, -0.25) is 0 Å². The van der Waals surface area contributed by atoms with Crippen LogP contribution in [0.25, 0.3) is 6.08 Å². The van der Waals surface area contributed by atoms with Gasteiger partial charge in [-0.15, -0.1) is 0 Å². The molecule has 196 valence electrons. The molecule has 0 N–H and O–H groups in total. The molecule has 0 saturated heterocycles. The lowest BCUT2D eigenvalue weighted by Gasteiger charge is -2.41. The van der Waals surface area contributed by atoms with Gasteiger partial charge in [-0.2, -0.15) is 13.2 Å². The fraction of sp³-hybridized carbons (Fsp3) is 0.733. The first-order valence-corrected chi connectivity index (χ1v) is 14.0. The zero-order chi connectivity index (χ0) is 25.0. The number of allylic oxidation sites excluding steroid dienone is 1. The van der Waals surface area contributed by atoms with E-state index in [2.05, 4.69) is 6.92 Å². The van der Waals surface area contributed by atoms with Gasteiger partial charge in [-0.25, -0.2) is 8.78 Å². The summed E-state index contributed by atoms with van der Waals surface area (Å²) in [6, 6.07) is 2.48. The third-order valence-corrected chi connectivity index (χ3v) is 9.52. The minimum Gasteiger partial charge on any atom is -0.206 e. The molecule has 4 rings (SSSR count). The molecule has 5 heteroatoms. The first-order chi connectivity index (χ1) is 16.7. The van der Waals surface area contributed by atoms with Crippen molar-refractivity contribution < 1.29 is 22.0 Å². The van der Waals surface area contributed by atoms with E-state index in [1.54, 1.807) is 0 Å². The van der Waals surface area contributed by atoms with Gasteiger partial charge >= 0.3 is 6.18 Å². The van der Waals surface area contributed by atoms with E-state index in [4.69, 9.17) is 0 Å². The molecule has 0 heterocycles. The number of hydrogen-bond acceptors (Lipinski definition) is 0. The van der Waals surface area contributed by atoms with E-state index < -0.39 is 23.4 Å². The fourth-order valence-electron chi connectivity index (χ4n) is 7.54. The number of hydrogen-bond donors (Lipinski definition) is 0. The van der Waals surface area contributed by atoms with Crippen LogP contribution in [-0.2, 0) is 0 Å². The van der Waals surface area contributed by atoms with Gasteiger partial charge in [0.25, 0.3) is 0 Å². The summed E-state index contributed by atoms with van der Waals surface area (Å²) in [6.07, 6.45) is 13.6. The minimum absolute atomic E-state index is 0.0885. The van der Waals surface area contributed by atoms with Crippen molar-refractivity contribution in [3.63, 3.8) is 0 Å². The van der Waals surface area contributed by atoms with Gasteiger partial charge in [-0.1, -0.05) is 32.6 Å². The van der Waals surface area contributed by atoms with Gasteiger partial charge in [0.15, 0.2) is 0 Å². The molecule has 0 aromatic heterocycles. The Labute approximate surface area is 207 Å². The van der Waals surface area contributed by atoms with E-state index in [9.17, 15) is 22.0 Å². The molecule has 0 nitrogen and oxygen atoms in total. The number of halogens is 5. The van der Waals surface area contributed by atoms with E-state index in [-0.39, 0.29) is 12.0 Å². The van der Waals surface area contributed by atoms with Crippen LogP contribution < -0.4 is 0 Å². The predicted octanol–water partition coefficient (Wildman–Crippen LogP) is 10.2. The molecular weight excluding hydrogens is 455 g/mol. The van der Waals surface area contributed by atoms with Crippen molar-refractivity contribution in [3.05, 3.63) is 41.0 Å². The third kappa shape index (κ3) is 7.10. The van der Waals surface area contributed by atoms with Crippen molar-refractivity contribution in [2.45, 2.75) is 109 Å². The second kappa shape index (κ2) is 11.8. The molecule has 0 atom stereocenters. The molecule has 1 aromatic rings. The molecule has 0 unspecified atom stereocenters. The minimum atomic E-state index is -4.59. The van der Waals surface area contributed by atoms with Crippen LogP contribution >= 0.6 is 0 Å². The van der Waals surface area contributed by atoms with Crippen molar-refractivity contribution in [1.29, 1.82) is 0 Å². The zero-order valence-corrected chi connectivity index (χ0v) is 21.1. The third-order valence-electron chi connectivity index (χ3n) is 9.52. The second-order valence-electron chi connectivity index (χ2n) is 11.6. The van der Waals surface area contributed by atoms with E-state index in [1.165, 1.54) is 76.3 Å². The zero-order valence-electron chi connectivity index (χ0n) is 21.1. The normalized spacial score (nSPS) is 32.7. The summed E-state index contributed by atoms with van der Waals surface area (Å²) in [4.78, 5) is 0. The summed E-state index contributed by atoms with van der Waals surface area (Å²) in [7, 11) is 0. The standard InChI is InChI=1S/C30H41F5/c1-2-3-20-4-6-21(7-5-20)22-8-10-23(11-9-22)24-12-14-25(15-13-24)26-18-28(31)27(29(32)19-26)16-17-30(33,34)35/h16-25H,2-15H2,1H3/b17-16+. The summed E-state index contributed by atoms with van der Waals surface area (Å²) in [5, 5.41) is 0. The Morgan fingerprint density at radius 3 is 1.57 bits per heavy atom. The number of rotatable bonds is 6. The predicted molar refractivity (Wildman–Crippen MR) is 132 cm³/mol. The van der Waals surface area contributed by atoms with Crippen molar-refractivity contribution in [2.24, 2.45) is 29.6 Å². The van der Waals surface area contributed by atoms with Crippen molar-refractivity contribution in [1.82, 2.24) is 0 Å². The van der Waals surface area contributed by atoms with Gasteiger partial charge in [0.2, 0.25) is 0 Å². The van der Waals surface area contributed by atoms with Crippen LogP contribution in [-0.4, -0.2) is 6.18 Å². The maximum atomic E-state index is 14.4. The molecular formula is C30H41F5. The van der Waals surface area contributed by atoms with Gasteiger partial charge < -0.3 is 0 Å². The number of benzene rings is 1. The summed E-state index contributed by atoms with van der Waals surface area (Å²) in [6.45, 7) is 2.30. The Kier molecular flexibility index (Phi) is 8.97. The van der Waals surface area contributed by atoms with Crippen LogP contribution in [0.15, 0.2) is 18.2 Å². The highest BCUT2D eigenvalue weighted by molar-refractivity contribution is 5.52. The average Bonchev–Trinajstić information content (AvgIpc) is 2.84. The Morgan fingerprint density at radius 2 is 1.14 bits per heavy atom. The molecule has 0 spiro atoms. The molecule has 0 radical (unpaired) electrons. The molecule has 35 heavy (non-hydrogen) atoms. The molecule has 3 aliphatic rings. The van der Waals surface area contributed by atoms with Crippen molar-refractivity contribution in [3.8, 4) is 0 Å². The molecule has 3 fully saturated rings. The second-order valence-corrected chi connectivity index (χ2v) is 11.6. The lowest BCUT2D eigenvalue weighted by molar-refractivity contribution is -0.0790. The Hall–Kier alpha value is -1.39. The summed E-state index contributed by atoms with van der Waals surface area (Å²) < 4.78 is 66.0. The lowest BCUT2D eigenvalue weighted by atomic mass is 9.64. The smallest absolute Gasteiger partial charge is 0.206 e. The molecule has 0 bridgehead atoms. The van der Waals surface area contributed by atoms with Gasteiger partial charge in [-0.05, 0) is 123 Å². The van der Waals surface area contributed by atoms with E-state index in [0.717, 1.165) is 49.4 Å². The van der Waals surface area contributed by atoms with E-state index in [1.807, 2.05) is 0 Å². The highest BCUT2D eigenvalue weighted by atomic mass is 19.4. The summed E-state index contributed by atoms with van der Waals surface area (Å²) in [5.74, 6) is 2.58. The fourth-order valence-corrected chi connectivity index (χ4v) is 7.54. The Morgan fingerprint density at radius 1 is 0.714 bits per heavy atom. The molecule has 3 saturated carbocycles.